The van der Waals surface area contributed by atoms with Gasteiger partial charge in [0.25, 0.3) is 0 Å². The summed E-state index contributed by atoms with van der Waals surface area (Å²) in [6.45, 7) is 2.90. The first-order valence-electron chi connectivity index (χ1n) is 6.92. The van der Waals surface area contributed by atoms with Gasteiger partial charge in [-0.15, -0.1) is 0 Å². The summed E-state index contributed by atoms with van der Waals surface area (Å²) in [5, 5.41) is 13.3. The lowest BCUT2D eigenvalue weighted by molar-refractivity contribution is 0.0697. The molecule has 1 N–H and O–H groups in total. The highest BCUT2D eigenvalue weighted by atomic mass is 32.1. The standard InChI is InChI=1S/C16H16N2O2S/c1-2-3-15-17-13-8-12(16(19)20)4-5-14(13)18(15)9-11-6-7-21-10-11/h4-8,10H,2-3,9H2,1H3,(H,19,20). The van der Waals surface area contributed by atoms with Crippen LogP contribution in [-0.4, -0.2) is 20.6 Å². The van der Waals surface area contributed by atoms with Gasteiger partial charge in [0.1, 0.15) is 5.82 Å². The quantitative estimate of drug-likeness (QED) is 0.780. The van der Waals surface area contributed by atoms with E-state index in [4.69, 9.17) is 5.11 Å². The highest BCUT2D eigenvalue weighted by molar-refractivity contribution is 7.07. The summed E-state index contributed by atoms with van der Waals surface area (Å²) in [6, 6.07) is 7.27. The Morgan fingerprint density at radius 2 is 2.24 bits per heavy atom. The van der Waals surface area contributed by atoms with Gasteiger partial charge in [0, 0.05) is 6.42 Å². The molecule has 0 spiro atoms. The van der Waals surface area contributed by atoms with Crippen LogP contribution in [0.1, 0.15) is 35.1 Å². The summed E-state index contributed by atoms with van der Waals surface area (Å²) >= 11 is 1.68. The molecule has 4 nitrogen and oxygen atoms in total. The Morgan fingerprint density at radius 1 is 1.38 bits per heavy atom. The number of carboxylic acids is 1. The Bertz CT molecular complexity index is 775. The number of aryl methyl sites for hydroxylation is 1. The lowest BCUT2D eigenvalue weighted by Gasteiger charge is -2.07. The number of thiophene rings is 1. The number of carbonyl (C=O) groups is 1. The number of hydrogen-bond acceptors (Lipinski definition) is 3. The van der Waals surface area contributed by atoms with Gasteiger partial charge in [-0.25, -0.2) is 9.78 Å². The first kappa shape index (κ1) is 13.8. The first-order chi connectivity index (χ1) is 10.2. The van der Waals surface area contributed by atoms with Crippen molar-refractivity contribution in [1.29, 1.82) is 0 Å². The second-order valence-electron chi connectivity index (χ2n) is 5.00. The van der Waals surface area contributed by atoms with Gasteiger partial charge >= 0.3 is 5.97 Å². The van der Waals surface area contributed by atoms with Crippen LogP contribution in [0.15, 0.2) is 35.0 Å². The summed E-state index contributed by atoms with van der Waals surface area (Å²) < 4.78 is 2.19. The molecule has 0 aliphatic rings. The van der Waals surface area contributed by atoms with Crippen LogP contribution in [0.2, 0.25) is 0 Å². The zero-order valence-corrected chi connectivity index (χ0v) is 12.6. The van der Waals surface area contributed by atoms with Gasteiger partial charge in [-0.05, 0) is 47.0 Å². The number of carboxylic acid groups (broad SMARTS) is 1. The zero-order valence-electron chi connectivity index (χ0n) is 11.7. The molecule has 2 heterocycles. The van der Waals surface area contributed by atoms with E-state index < -0.39 is 5.97 Å². The molecule has 21 heavy (non-hydrogen) atoms. The van der Waals surface area contributed by atoms with E-state index in [-0.39, 0.29) is 5.56 Å². The molecular formula is C16H16N2O2S. The minimum atomic E-state index is -0.915. The topological polar surface area (TPSA) is 55.1 Å². The van der Waals surface area contributed by atoms with Crippen molar-refractivity contribution in [2.75, 3.05) is 0 Å². The van der Waals surface area contributed by atoms with Crippen molar-refractivity contribution in [3.05, 3.63) is 52.0 Å². The van der Waals surface area contributed by atoms with Crippen LogP contribution in [0.25, 0.3) is 11.0 Å². The molecule has 0 saturated carbocycles. The van der Waals surface area contributed by atoms with Crippen molar-refractivity contribution in [2.45, 2.75) is 26.3 Å². The summed E-state index contributed by atoms with van der Waals surface area (Å²) in [5.74, 6) is 0.0996. The zero-order chi connectivity index (χ0) is 14.8. The van der Waals surface area contributed by atoms with Crippen molar-refractivity contribution < 1.29 is 9.90 Å². The molecule has 0 aliphatic carbocycles. The van der Waals surface area contributed by atoms with Gasteiger partial charge in [-0.1, -0.05) is 6.92 Å². The molecule has 0 amide bonds. The van der Waals surface area contributed by atoms with Crippen molar-refractivity contribution >= 4 is 28.3 Å². The Labute approximate surface area is 126 Å². The fourth-order valence-corrected chi connectivity index (χ4v) is 3.13. The summed E-state index contributed by atoms with van der Waals surface area (Å²) in [7, 11) is 0. The van der Waals surface area contributed by atoms with Crippen molar-refractivity contribution in [1.82, 2.24) is 9.55 Å². The molecule has 5 heteroatoms. The highest BCUT2D eigenvalue weighted by Gasteiger charge is 2.13. The van der Waals surface area contributed by atoms with Crippen LogP contribution in [0.3, 0.4) is 0 Å². The molecule has 2 aromatic heterocycles. The maximum atomic E-state index is 11.1. The van der Waals surface area contributed by atoms with Crippen LogP contribution in [0.5, 0.6) is 0 Å². The molecule has 0 saturated heterocycles. The largest absolute Gasteiger partial charge is 0.478 e. The summed E-state index contributed by atoms with van der Waals surface area (Å²) in [4.78, 5) is 15.7. The SMILES string of the molecule is CCCc1nc2cc(C(=O)O)ccc2n1Cc1ccsc1. The third-order valence-electron chi connectivity index (χ3n) is 3.47. The number of aromatic nitrogens is 2. The van der Waals surface area contributed by atoms with Gasteiger partial charge in [-0.3, -0.25) is 0 Å². The molecule has 0 aliphatic heterocycles. The minimum Gasteiger partial charge on any atom is -0.478 e. The van der Waals surface area contributed by atoms with Gasteiger partial charge in [0.15, 0.2) is 0 Å². The van der Waals surface area contributed by atoms with Crippen molar-refractivity contribution in [3.63, 3.8) is 0 Å². The molecule has 1 aromatic carbocycles. The molecule has 0 fully saturated rings. The Hall–Kier alpha value is -2.14. The summed E-state index contributed by atoms with van der Waals surface area (Å²) in [6.07, 6.45) is 1.90. The van der Waals surface area contributed by atoms with E-state index in [2.05, 4.69) is 33.3 Å². The van der Waals surface area contributed by atoms with Gasteiger partial charge in [0.2, 0.25) is 0 Å². The predicted molar refractivity (Wildman–Crippen MR) is 84.1 cm³/mol. The van der Waals surface area contributed by atoms with E-state index in [1.54, 1.807) is 23.5 Å². The molecule has 3 aromatic rings. The summed E-state index contributed by atoms with van der Waals surface area (Å²) in [5.41, 5.74) is 3.29. The molecule has 0 unspecified atom stereocenters. The number of benzene rings is 1. The highest BCUT2D eigenvalue weighted by Crippen LogP contribution is 2.21. The van der Waals surface area contributed by atoms with Crippen LogP contribution >= 0.6 is 11.3 Å². The average molecular weight is 300 g/mol. The second kappa shape index (κ2) is 5.69. The van der Waals surface area contributed by atoms with Crippen LogP contribution in [-0.2, 0) is 13.0 Å². The van der Waals surface area contributed by atoms with E-state index >= 15 is 0 Å². The number of nitrogens with zero attached hydrogens (tertiary/aromatic N) is 2. The van der Waals surface area contributed by atoms with Crippen molar-refractivity contribution in [2.24, 2.45) is 0 Å². The molecule has 0 atom stereocenters. The van der Waals surface area contributed by atoms with E-state index in [0.717, 1.165) is 36.2 Å². The maximum absolute atomic E-state index is 11.1. The Kier molecular flexibility index (Phi) is 3.75. The number of aromatic carboxylic acids is 1. The normalized spacial score (nSPS) is 11.1. The van der Waals surface area contributed by atoms with Gasteiger partial charge < -0.3 is 9.67 Å². The third-order valence-corrected chi connectivity index (χ3v) is 4.20. The first-order valence-corrected chi connectivity index (χ1v) is 7.87. The van der Waals surface area contributed by atoms with Gasteiger partial charge in [-0.2, -0.15) is 11.3 Å². The Morgan fingerprint density at radius 3 is 2.90 bits per heavy atom. The average Bonchev–Trinajstić information content (AvgIpc) is 3.08. The van der Waals surface area contributed by atoms with E-state index in [9.17, 15) is 4.79 Å². The van der Waals surface area contributed by atoms with Crippen LogP contribution < -0.4 is 0 Å². The van der Waals surface area contributed by atoms with E-state index in [1.165, 1.54) is 5.56 Å². The number of hydrogen-bond donors (Lipinski definition) is 1. The molecular weight excluding hydrogens is 284 g/mol. The maximum Gasteiger partial charge on any atom is 0.335 e. The lowest BCUT2D eigenvalue weighted by Crippen LogP contribution is -2.04. The fraction of sp³-hybridized carbons (Fsp3) is 0.250. The number of fused-ring (bicyclic) bond motifs is 1. The van der Waals surface area contributed by atoms with Crippen LogP contribution in [0, 0.1) is 0 Å². The fourth-order valence-electron chi connectivity index (χ4n) is 2.47. The molecule has 0 radical (unpaired) electrons. The second-order valence-corrected chi connectivity index (χ2v) is 5.78. The molecule has 0 bridgehead atoms. The number of rotatable bonds is 5. The molecule has 3 rings (SSSR count). The Balaban J connectivity index is 2.10. The smallest absolute Gasteiger partial charge is 0.335 e. The predicted octanol–water partition coefficient (Wildman–Crippen LogP) is 3.80. The minimum absolute atomic E-state index is 0.283. The van der Waals surface area contributed by atoms with Crippen LogP contribution in [0.4, 0.5) is 0 Å². The van der Waals surface area contributed by atoms with E-state index in [1.807, 2.05) is 6.07 Å². The molecule has 108 valence electrons. The van der Waals surface area contributed by atoms with Gasteiger partial charge in [0.05, 0.1) is 23.1 Å². The lowest BCUT2D eigenvalue weighted by atomic mass is 10.2. The van der Waals surface area contributed by atoms with E-state index in [0.29, 0.717) is 0 Å². The monoisotopic (exact) mass is 300 g/mol. The third kappa shape index (κ3) is 2.69. The van der Waals surface area contributed by atoms with Crippen molar-refractivity contribution in [3.8, 4) is 0 Å². The number of imidazole rings is 1.